The predicted molar refractivity (Wildman–Crippen MR) is 109 cm³/mol. The van der Waals surface area contributed by atoms with E-state index in [-0.39, 0.29) is 17.2 Å². The van der Waals surface area contributed by atoms with Crippen molar-refractivity contribution in [3.8, 4) is 0 Å². The summed E-state index contributed by atoms with van der Waals surface area (Å²) >= 11 is 1.37. The molecule has 0 amide bonds. The normalized spacial score (nSPS) is 14.2. The van der Waals surface area contributed by atoms with Gasteiger partial charge in [-0.25, -0.2) is 14.8 Å². The highest BCUT2D eigenvalue weighted by molar-refractivity contribution is 7.98. The van der Waals surface area contributed by atoms with Crippen LogP contribution >= 0.6 is 11.8 Å². The van der Waals surface area contributed by atoms with Crippen LogP contribution in [0.5, 0.6) is 0 Å². The fourth-order valence-electron chi connectivity index (χ4n) is 3.10. The molecule has 0 N–H and O–H groups in total. The van der Waals surface area contributed by atoms with Gasteiger partial charge in [-0.1, -0.05) is 37.7 Å². The van der Waals surface area contributed by atoms with Crippen molar-refractivity contribution < 1.29 is 4.52 Å². The summed E-state index contributed by atoms with van der Waals surface area (Å²) in [6.07, 6.45) is 2.94. The van der Waals surface area contributed by atoms with Crippen molar-refractivity contribution in [2.45, 2.75) is 69.2 Å². The van der Waals surface area contributed by atoms with Crippen LogP contribution in [-0.4, -0.2) is 29.2 Å². The lowest BCUT2D eigenvalue weighted by atomic mass is 10.2. The van der Waals surface area contributed by atoms with Gasteiger partial charge in [-0.15, -0.1) is 0 Å². The molecule has 0 unspecified atom stereocenters. The Labute approximate surface area is 171 Å². The van der Waals surface area contributed by atoms with Crippen LogP contribution in [0.15, 0.2) is 19.1 Å². The smallest absolute Gasteiger partial charge is 0.332 e. The van der Waals surface area contributed by atoms with Gasteiger partial charge in [-0.3, -0.25) is 13.9 Å². The highest BCUT2D eigenvalue weighted by Crippen LogP contribution is 2.39. The van der Waals surface area contributed by atoms with E-state index >= 15 is 0 Å². The van der Waals surface area contributed by atoms with Crippen LogP contribution in [0.1, 0.15) is 69.4 Å². The van der Waals surface area contributed by atoms with Crippen LogP contribution in [0.2, 0.25) is 0 Å². The maximum atomic E-state index is 12.9. The van der Waals surface area contributed by atoms with Gasteiger partial charge < -0.3 is 4.52 Å². The number of hydrogen-bond donors (Lipinski definition) is 0. The van der Waals surface area contributed by atoms with Crippen LogP contribution < -0.4 is 11.2 Å². The summed E-state index contributed by atoms with van der Waals surface area (Å²) in [5.74, 6) is 2.74. The summed E-state index contributed by atoms with van der Waals surface area (Å²) in [7, 11) is 1.49. The lowest BCUT2D eigenvalue weighted by Gasteiger charge is -2.14. The molecule has 0 aromatic carbocycles. The largest absolute Gasteiger partial charge is 0.339 e. The molecule has 0 spiro atoms. The van der Waals surface area contributed by atoms with E-state index < -0.39 is 0 Å². The first-order valence-electron chi connectivity index (χ1n) is 9.87. The van der Waals surface area contributed by atoms with Crippen molar-refractivity contribution in [2.75, 3.05) is 0 Å². The molecule has 154 valence electrons. The summed E-state index contributed by atoms with van der Waals surface area (Å²) in [4.78, 5) is 39.3. The van der Waals surface area contributed by atoms with E-state index in [0.717, 1.165) is 23.8 Å². The topological polar surface area (TPSA) is 109 Å². The van der Waals surface area contributed by atoms with Gasteiger partial charge in [0.2, 0.25) is 5.89 Å². The first kappa shape index (κ1) is 19.8. The summed E-state index contributed by atoms with van der Waals surface area (Å²) in [5, 5.41) is 4.95. The Balaban J connectivity index is 1.82. The molecule has 4 rings (SSSR count). The molecular weight excluding hydrogens is 392 g/mol. The van der Waals surface area contributed by atoms with E-state index in [9.17, 15) is 9.59 Å². The molecule has 29 heavy (non-hydrogen) atoms. The minimum absolute atomic E-state index is 0.0552. The third kappa shape index (κ3) is 3.73. The summed E-state index contributed by atoms with van der Waals surface area (Å²) in [6, 6.07) is 0. The van der Waals surface area contributed by atoms with E-state index in [1.807, 2.05) is 20.8 Å². The van der Waals surface area contributed by atoms with Gasteiger partial charge in [0, 0.05) is 25.4 Å². The average molecular weight is 417 g/mol. The zero-order valence-corrected chi connectivity index (χ0v) is 17.8. The monoisotopic (exact) mass is 416 g/mol. The van der Waals surface area contributed by atoms with E-state index in [1.54, 1.807) is 4.57 Å². The van der Waals surface area contributed by atoms with Gasteiger partial charge >= 0.3 is 5.69 Å². The third-order valence-corrected chi connectivity index (χ3v) is 5.85. The summed E-state index contributed by atoms with van der Waals surface area (Å²) in [5.41, 5.74) is -0.351. The molecule has 0 bridgehead atoms. The number of rotatable bonds is 7. The molecule has 1 saturated carbocycles. The van der Waals surface area contributed by atoms with Crippen LogP contribution in [0, 0.1) is 0 Å². The highest BCUT2D eigenvalue weighted by Gasteiger charge is 2.29. The predicted octanol–water partition coefficient (Wildman–Crippen LogP) is 2.58. The van der Waals surface area contributed by atoms with Gasteiger partial charge in [0.25, 0.3) is 5.56 Å². The molecule has 1 aliphatic rings. The number of thioether (sulfide) groups is 1. The first-order valence-corrected chi connectivity index (χ1v) is 10.9. The molecule has 1 fully saturated rings. The van der Waals surface area contributed by atoms with E-state index in [2.05, 4.69) is 20.1 Å². The molecule has 0 radical (unpaired) electrons. The number of nitrogens with zero attached hydrogens (tertiary/aromatic N) is 6. The number of hydrogen-bond acceptors (Lipinski definition) is 8. The van der Waals surface area contributed by atoms with Gasteiger partial charge in [0.15, 0.2) is 11.5 Å². The van der Waals surface area contributed by atoms with Crippen molar-refractivity contribution >= 4 is 22.8 Å². The van der Waals surface area contributed by atoms with Gasteiger partial charge in [-0.2, -0.15) is 4.98 Å². The minimum atomic E-state index is -0.387. The molecule has 3 heterocycles. The summed E-state index contributed by atoms with van der Waals surface area (Å²) in [6.45, 7) is 6.44. The van der Waals surface area contributed by atoms with Crippen LogP contribution in [0.25, 0.3) is 11.0 Å². The molecule has 0 saturated heterocycles. The maximum absolute atomic E-state index is 12.9. The zero-order valence-electron chi connectivity index (χ0n) is 17.0. The second kappa shape index (κ2) is 7.74. The molecule has 3 aromatic rings. The maximum Gasteiger partial charge on any atom is 0.332 e. The van der Waals surface area contributed by atoms with E-state index in [1.165, 1.54) is 18.8 Å². The second-order valence-electron chi connectivity index (χ2n) is 7.65. The zero-order chi connectivity index (χ0) is 20.7. The number of aryl methyl sites for hydroxylation is 1. The SMILES string of the molecule is CCCn1c(=O)n(C)c(=O)c2c(SCc3noc(C4CC4)n3)nc(C(C)C)nc21. The Bertz CT molecular complexity index is 1180. The van der Waals surface area contributed by atoms with Gasteiger partial charge in [0.05, 0.1) is 5.75 Å². The van der Waals surface area contributed by atoms with Gasteiger partial charge in [-0.05, 0) is 19.3 Å². The lowest BCUT2D eigenvalue weighted by Crippen LogP contribution is -2.39. The van der Waals surface area contributed by atoms with E-state index in [4.69, 9.17) is 4.52 Å². The standard InChI is InChI=1S/C19H24N6O3S/c1-5-8-25-15-13(18(26)24(4)19(25)27)17(22-14(21-15)10(2)3)29-9-12-20-16(28-23-12)11-6-7-11/h10-11H,5-9H2,1-4H3. The quantitative estimate of drug-likeness (QED) is 0.427. The molecule has 3 aromatic heterocycles. The Kier molecular flexibility index (Phi) is 5.28. The minimum Gasteiger partial charge on any atom is -0.339 e. The molecule has 0 atom stereocenters. The molecule has 0 aliphatic heterocycles. The molecule has 10 heteroatoms. The number of fused-ring (bicyclic) bond motifs is 1. The lowest BCUT2D eigenvalue weighted by molar-refractivity contribution is 0.375. The van der Waals surface area contributed by atoms with Gasteiger partial charge in [0.1, 0.15) is 16.2 Å². The molecular formula is C19H24N6O3S. The van der Waals surface area contributed by atoms with Crippen LogP contribution in [-0.2, 0) is 19.3 Å². The third-order valence-electron chi connectivity index (χ3n) is 4.88. The van der Waals surface area contributed by atoms with Crippen LogP contribution in [0.3, 0.4) is 0 Å². The Morgan fingerprint density at radius 2 is 1.97 bits per heavy atom. The Hall–Kier alpha value is -2.49. The van der Waals surface area contributed by atoms with Crippen molar-refractivity contribution in [3.63, 3.8) is 0 Å². The fraction of sp³-hybridized carbons (Fsp3) is 0.579. The molecule has 1 aliphatic carbocycles. The summed E-state index contributed by atoms with van der Waals surface area (Å²) < 4.78 is 8.01. The van der Waals surface area contributed by atoms with E-state index in [0.29, 0.717) is 51.8 Å². The Morgan fingerprint density at radius 3 is 2.62 bits per heavy atom. The average Bonchev–Trinajstić information content (AvgIpc) is 3.45. The highest BCUT2D eigenvalue weighted by atomic mass is 32.2. The van der Waals surface area contributed by atoms with Crippen molar-refractivity contribution in [3.05, 3.63) is 38.4 Å². The first-order chi connectivity index (χ1) is 13.9. The van der Waals surface area contributed by atoms with Crippen LogP contribution in [0.4, 0.5) is 0 Å². The number of aromatic nitrogens is 6. The molecule has 9 nitrogen and oxygen atoms in total. The van der Waals surface area contributed by atoms with Crippen molar-refractivity contribution in [1.82, 2.24) is 29.2 Å². The Morgan fingerprint density at radius 1 is 1.21 bits per heavy atom. The van der Waals surface area contributed by atoms with Crippen molar-refractivity contribution in [2.24, 2.45) is 7.05 Å². The fourth-order valence-corrected chi connectivity index (χ4v) is 3.96. The second-order valence-corrected chi connectivity index (χ2v) is 8.61. The van der Waals surface area contributed by atoms with Crippen molar-refractivity contribution in [1.29, 1.82) is 0 Å².